The van der Waals surface area contributed by atoms with Gasteiger partial charge in [-0.2, -0.15) is 5.26 Å². The number of nitrogens with one attached hydrogen (secondary N) is 1. The molecule has 1 N–H and O–H groups in total. The smallest absolute Gasteiger partial charge is 0.136 e. The Morgan fingerprint density at radius 3 is 2.65 bits per heavy atom. The average molecular weight is 402 g/mol. The van der Waals surface area contributed by atoms with Gasteiger partial charge < -0.3 is 10.1 Å². The normalized spacial score (nSPS) is 11.1. The average Bonchev–Trinajstić information content (AvgIpc) is 3.14. The summed E-state index contributed by atoms with van der Waals surface area (Å²) >= 11 is 13.4. The summed E-state index contributed by atoms with van der Waals surface area (Å²) in [6.45, 7) is 0. The van der Waals surface area contributed by atoms with E-state index in [1.165, 1.54) is 11.3 Å². The van der Waals surface area contributed by atoms with Crippen molar-refractivity contribution in [3.63, 3.8) is 0 Å². The van der Waals surface area contributed by atoms with Gasteiger partial charge in [-0.1, -0.05) is 23.2 Å². The fourth-order valence-electron chi connectivity index (χ4n) is 2.19. The number of nitrogens with zero attached hydrogens (tertiary/aromatic N) is 2. The first-order chi connectivity index (χ1) is 12.6. The molecule has 3 aromatic rings. The van der Waals surface area contributed by atoms with Crippen molar-refractivity contribution < 1.29 is 4.74 Å². The Bertz CT molecular complexity index is 991. The third-order valence-corrected chi connectivity index (χ3v) is 4.97. The lowest BCUT2D eigenvalue weighted by atomic mass is 10.2. The van der Waals surface area contributed by atoms with Gasteiger partial charge in [-0.25, -0.2) is 4.98 Å². The predicted molar refractivity (Wildman–Crippen MR) is 108 cm³/mol. The number of rotatable bonds is 5. The molecule has 0 spiro atoms. The van der Waals surface area contributed by atoms with E-state index < -0.39 is 0 Å². The second-order valence-electron chi connectivity index (χ2n) is 5.20. The van der Waals surface area contributed by atoms with E-state index in [2.05, 4.69) is 16.4 Å². The Kier molecular flexibility index (Phi) is 5.79. The summed E-state index contributed by atoms with van der Waals surface area (Å²) in [5.41, 5.74) is 2.84. The van der Waals surface area contributed by atoms with E-state index in [0.717, 1.165) is 17.0 Å². The van der Waals surface area contributed by atoms with Crippen LogP contribution in [0.4, 0.5) is 5.69 Å². The summed E-state index contributed by atoms with van der Waals surface area (Å²) in [5, 5.41) is 16.0. The molecular weight excluding hydrogens is 389 g/mol. The number of allylic oxidation sites excluding steroid dienone is 1. The van der Waals surface area contributed by atoms with E-state index in [9.17, 15) is 5.26 Å². The van der Waals surface area contributed by atoms with E-state index in [0.29, 0.717) is 26.3 Å². The van der Waals surface area contributed by atoms with Gasteiger partial charge in [0.2, 0.25) is 0 Å². The molecule has 0 atom stereocenters. The van der Waals surface area contributed by atoms with Gasteiger partial charge in [-0.15, -0.1) is 11.3 Å². The highest BCUT2D eigenvalue weighted by Gasteiger charge is 2.09. The van der Waals surface area contributed by atoms with Crippen LogP contribution in [0.15, 0.2) is 54.0 Å². The van der Waals surface area contributed by atoms with Crippen LogP contribution >= 0.6 is 34.5 Å². The molecule has 0 aliphatic carbocycles. The Hall–Kier alpha value is -2.52. The molecule has 0 bridgehead atoms. The second-order valence-corrected chi connectivity index (χ2v) is 6.91. The van der Waals surface area contributed by atoms with Crippen LogP contribution in [-0.2, 0) is 0 Å². The molecule has 1 aromatic heterocycles. The summed E-state index contributed by atoms with van der Waals surface area (Å²) in [4.78, 5) is 4.55. The van der Waals surface area contributed by atoms with Gasteiger partial charge in [0.15, 0.2) is 0 Å². The zero-order valence-electron chi connectivity index (χ0n) is 13.7. The largest absolute Gasteiger partial charge is 0.497 e. The fourth-order valence-corrected chi connectivity index (χ4v) is 3.45. The van der Waals surface area contributed by atoms with Crippen molar-refractivity contribution in [2.45, 2.75) is 0 Å². The highest BCUT2D eigenvalue weighted by molar-refractivity contribution is 7.11. The minimum absolute atomic E-state index is 0.417. The molecule has 26 heavy (non-hydrogen) atoms. The molecule has 2 aromatic carbocycles. The van der Waals surface area contributed by atoms with Crippen LogP contribution in [-0.4, -0.2) is 12.1 Å². The third kappa shape index (κ3) is 4.17. The topological polar surface area (TPSA) is 57.9 Å². The highest BCUT2D eigenvalue weighted by Crippen LogP contribution is 2.29. The first-order valence-corrected chi connectivity index (χ1v) is 9.16. The number of ether oxygens (including phenoxy) is 1. The summed E-state index contributed by atoms with van der Waals surface area (Å²) in [6.07, 6.45) is 1.59. The van der Waals surface area contributed by atoms with Crippen molar-refractivity contribution in [2.75, 3.05) is 12.4 Å². The Morgan fingerprint density at radius 2 is 2.00 bits per heavy atom. The standard InChI is InChI=1S/C19H13Cl2N3OS/c1-25-15-5-2-12(3-6-15)18-11-26-19(24-18)13(9-22)10-23-17-7-4-14(20)8-16(17)21/h2-8,10-11,23H,1H3/b13-10+. The quantitative estimate of drug-likeness (QED) is 0.524. The number of halogens is 2. The minimum atomic E-state index is 0.417. The molecule has 1 heterocycles. The molecule has 0 saturated carbocycles. The molecule has 3 rings (SSSR count). The zero-order valence-corrected chi connectivity index (χ0v) is 16.0. The number of hydrogen-bond donors (Lipinski definition) is 1. The van der Waals surface area contributed by atoms with E-state index in [1.54, 1.807) is 31.5 Å². The molecule has 7 heteroatoms. The lowest BCUT2D eigenvalue weighted by molar-refractivity contribution is 0.415. The number of nitriles is 1. The second kappa shape index (κ2) is 8.24. The molecule has 0 aliphatic heterocycles. The Morgan fingerprint density at radius 1 is 1.23 bits per heavy atom. The van der Waals surface area contributed by atoms with E-state index in [4.69, 9.17) is 27.9 Å². The van der Waals surface area contributed by atoms with Crippen LogP contribution in [0.25, 0.3) is 16.8 Å². The van der Waals surface area contributed by atoms with Crippen molar-refractivity contribution in [1.29, 1.82) is 5.26 Å². The van der Waals surface area contributed by atoms with Gasteiger partial charge in [0, 0.05) is 22.2 Å². The van der Waals surface area contributed by atoms with Crippen LogP contribution in [0.2, 0.25) is 10.0 Å². The minimum Gasteiger partial charge on any atom is -0.497 e. The number of aromatic nitrogens is 1. The SMILES string of the molecule is COc1ccc(-c2csc(/C(C#N)=C/Nc3ccc(Cl)cc3Cl)n2)cc1. The maximum Gasteiger partial charge on any atom is 0.136 e. The lowest BCUT2D eigenvalue weighted by Gasteiger charge is -2.04. The van der Waals surface area contributed by atoms with Crippen LogP contribution < -0.4 is 10.1 Å². The number of anilines is 1. The van der Waals surface area contributed by atoms with Gasteiger partial charge in [-0.05, 0) is 42.5 Å². The third-order valence-electron chi connectivity index (χ3n) is 3.54. The summed E-state index contributed by atoms with van der Waals surface area (Å²) < 4.78 is 5.16. The predicted octanol–water partition coefficient (Wildman–Crippen LogP) is 6.10. The van der Waals surface area contributed by atoms with Gasteiger partial charge >= 0.3 is 0 Å². The first kappa shape index (κ1) is 18.3. The number of benzene rings is 2. The molecule has 130 valence electrons. The molecule has 0 amide bonds. The number of hydrogen-bond acceptors (Lipinski definition) is 5. The van der Waals surface area contributed by atoms with Crippen molar-refractivity contribution in [3.8, 4) is 23.1 Å². The molecule has 0 saturated heterocycles. The van der Waals surface area contributed by atoms with Gasteiger partial charge in [0.05, 0.1) is 23.5 Å². The molecule has 0 unspecified atom stereocenters. The Labute approximate surface area is 165 Å². The zero-order chi connectivity index (χ0) is 18.5. The van der Waals surface area contributed by atoms with E-state index in [1.807, 2.05) is 29.6 Å². The summed E-state index contributed by atoms with van der Waals surface area (Å²) in [5.74, 6) is 0.783. The monoisotopic (exact) mass is 401 g/mol. The molecule has 0 radical (unpaired) electrons. The number of methoxy groups -OCH3 is 1. The molecular formula is C19H13Cl2N3OS. The highest BCUT2D eigenvalue weighted by atomic mass is 35.5. The molecule has 0 aliphatic rings. The summed E-state index contributed by atoms with van der Waals surface area (Å²) in [7, 11) is 1.62. The van der Waals surface area contributed by atoms with Gasteiger partial charge in [0.25, 0.3) is 0 Å². The molecule has 4 nitrogen and oxygen atoms in total. The van der Waals surface area contributed by atoms with Crippen molar-refractivity contribution in [1.82, 2.24) is 4.98 Å². The first-order valence-electron chi connectivity index (χ1n) is 7.53. The maximum atomic E-state index is 9.46. The van der Waals surface area contributed by atoms with Crippen LogP contribution in [0.1, 0.15) is 5.01 Å². The number of thiazole rings is 1. The summed E-state index contributed by atoms with van der Waals surface area (Å²) in [6, 6.07) is 14.9. The van der Waals surface area contributed by atoms with Gasteiger partial charge in [-0.3, -0.25) is 0 Å². The van der Waals surface area contributed by atoms with E-state index >= 15 is 0 Å². The van der Waals surface area contributed by atoms with Crippen molar-refractivity contribution >= 4 is 45.8 Å². The fraction of sp³-hybridized carbons (Fsp3) is 0.0526. The van der Waals surface area contributed by atoms with Crippen LogP contribution in [0.3, 0.4) is 0 Å². The maximum absolute atomic E-state index is 9.46. The van der Waals surface area contributed by atoms with Crippen LogP contribution in [0, 0.1) is 11.3 Å². The Balaban J connectivity index is 1.82. The molecule has 0 fully saturated rings. The van der Waals surface area contributed by atoms with Crippen LogP contribution in [0.5, 0.6) is 5.75 Å². The van der Waals surface area contributed by atoms with Crippen molar-refractivity contribution in [3.05, 3.63) is 69.1 Å². The van der Waals surface area contributed by atoms with E-state index in [-0.39, 0.29) is 0 Å². The van der Waals surface area contributed by atoms with Crippen molar-refractivity contribution in [2.24, 2.45) is 0 Å². The van der Waals surface area contributed by atoms with Gasteiger partial charge in [0.1, 0.15) is 22.4 Å². The lowest BCUT2D eigenvalue weighted by Crippen LogP contribution is -1.92.